The third kappa shape index (κ3) is 3.33. The summed E-state index contributed by atoms with van der Waals surface area (Å²) in [6.45, 7) is 1.70. The number of aromatic nitrogens is 2. The van der Waals surface area contributed by atoms with Crippen molar-refractivity contribution in [2.24, 2.45) is 0 Å². The van der Waals surface area contributed by atoms with Crippen LogP contribution in [-0.2, 0) is 4.79 Å². The Morgan fingerprint density at radius 1 is 1.11 bits per heavy atom. The topological polar surface area (TPSA) is 66.4 Å². The van der Waals surface area contributed by atoms with Gasteiger partial charge in [-0.1, -0.05) is 23.2 Å². The third-order valence-corrected chi connectivity index (χ3v) is 3.22. The van der Waals surface area contributed by atoms with Crippen LogP contribution in [0.1, 0.15) is 10.5 Å². The summed E-state index contributed by atoms with van der Waals surface area (Å²) in [6.07, 6.45) is 4.40. The number of halogens is 2. The molecule has 0 unspecified atom stereocenters. The highest BCUT2D eigenvalue weighted by atomic mass is 35.5. The molecule has 1 aliphatic rings. The normalized spacial score (nSPS) is 15.7. The number of hydrogen-bond donors (Lipinski definition) is 0. The molecule has 0 saturated carbocycles. The van der Waals surface area contributed by atoms with E-state index in [1.54, 1.807) is 9.80 Å². The molecule has 0 bridgehead atoms. The summed E-state index contributed by atoms with van der Waals surface area (Å²) >= 11 is 11.1. The molecular weight excluding hydrogens is 291 g/mol. The summed E-state index contributed by atoms with van der Waals surface area (Å²) in [5, 5.41) is 0. The zero-order valence-electron chi connectivity index (χ0n) is 10.00. The second-order valence-corrected chi connectivity index (χ2v) is 5.11. The van der Waals surface area contributed by atoms with Crippen molar-refractivity contribution in [3.8, 4) is 0 Å². The lowest BCUT2D eigenvalue weighted by molar-refractivity contribution is -0.130. The van der Waals surface area contributed by atoms with Crippen LogP contribution >= 0.6 is 23.2 Å². The fourth-order valence-corrected chi connectivity index (χ4v) is 2.12. The predicted molar refractivity (Wildman–Crippen MR) is 70.0 cm³/mol. The number of hydrogen-bond acceptors (Lipinski definition) is 4. The summed E-state index contributed by atoms with van der Waals surface area (Å²) in [5.41, 5.74) is 0.301. The molecule has 1 fully saturated rings. The van der Waals surface area contributed by atoms with Crippen molar-refractivity contribution in [3.63, 3.8) is 0 Å². The van der Waals surface area contributed by atoms with Gasteiger partial charge in [-0.3, -0.25) is 14.6 Å². The molecule has 0 atom stereocenters. The van der Waals surface area contributed by atoms with Crippen LogP contribution in [0.2, 0.25) is 0 Å². The van der Waals surface area contributed by atoms with E-state index in [9.17, 15) is 9.59 Å². The lowest BCUT2D eigenvalue weighted by atomic mass is 10.3. The molecule has 2 amide bonds. The van der Waals surface area contributed by atoms with Crippen LogP contribution in [0.5, 0.6) is 0 Å². The molecule has 0 aliphatic carbocycles. The summed E-state index contributed by atoms with van der Waals surface area (Å²) in [6, 6.07) is 0. The Labute approximate surface area is 120 Å². The van der Waals surface area contributed by atoms with Crippen LogP contribution in [0.3, 0.4) is 0 Å². The summed E-state index contributed by atoms with van der Waals surface area (Å²) in [4.78, 5) is 33.6. The smallest absolute Gasteiger partial charge is 0.274 e. The van der Waals surface area contributed by atoms with E-state index >= 15 is 0 Å². The number of nitrogens with zero attached hydrogens (tertiary/aromatic N) is 4. The minimum atomic E-state index is -1.05. The molecule has 19 heavy (non-hydrogen) atoms. The molecule has 1 aliphatic heterocycles. The minimum Gasteiger partial charge on any atom is -0.337 e. The molecule has 2 heterocycles. The number of alkyl halides is 2. The van der Waals surface area contributed by atoms with Gasteiger partial charge in [0.05, 0.1) is 6.20 Å². The first kappa shape index (κ1) is 14.0. The van der Waals surface area contributed by atoms with Crippen LogP contribution < -0.4 is 0 Å². The van der Waals surface area contributed by atoms with E-state index in [1.165, 1.54) is 18.6 Å². The Bertz CT molecular complexity index is 461. The van der Waals surface area contributed by atoms with Gasteiger partial charge >= 0.3 is 0 Å². The summed E-state index contributed by atoms with van der Waals surface area (Å²) in [7, 11) is 0. The van der Waals surface area contributed by atoms with Gasteiger partial charge in [0.15, 0.2) is 4.84 Å². The Balaban J connectivity index is 1.94. The van der Waals surface area contributed by atoms with Gasteiger partial charge < -0.3 is 9.80 Å². The highest BCUT2D eigenvalue weighted by Crippen LogP contribution is 2.11. The van der Waals surface area contributed by atoms with E-state index < -0.39 is 4.84 Å². The fraction of sp³-hybridized carbons (Fsp3) is 0.455. The quantitative estimate of drug-likeness (QED) is 0.749. The first-order valence-electron chi connectivity index (χ1n) is 5.72. The van der Waals surface area contributed by atoms with Crippen LogP contribution in [0, 0.1) is 0 Å². The second-order valence-electron chi connectivity index (χ2n) is 4.01. The Kier molecular flexibility index (Phi) is 4.55. The van der Waals surface area contributed by atoms with Crippen molar-refractivity contribution < 1.29 is 9.59 Å². The first-order chi connectivity index (χ1) is 9.09. The van der Waals surface area contributed by atoms with Gasteiger partial charge in [0.25, 0.3) is 11.8 Å². The zero-order valence-corrected chi connectivity index (χ0v) is 11.5. The largest absolute Gasteiger partial charge is 0.337 e. The molecule has 1 saturated heterocycles. The van der Waals surface area contributed by atoms with E-state index in [-0.39, 0.29) is 11.8 Å². The van der Waals surface area contributed by atoms with Crippen molar-refractivity contribution in [1.29, 1.82) is 0 Å². The third-order valence-electron chi connectivity index (χ3n) is 2.85. The van der Waals surface area contributed by atoms with E-state index in [0.29, 0.717) is 31.9 Å². The van der Waals surface area contributed by atoms with Gasteiger partial charge in [0, 0.05) is 38.6 Å². The highest BCUT2D eigenvalue weighted by Gasteiger charge is 2.27. The molecular formula is C11H12Cl2N4O2. The van der Waals surface area contributed by atoms with Crippen molar-refractivity contribution in [2.45, 2.75) is 4.84 Å². The van der Waals surface area contributed by atoms with Crippen LogP contribution in [-0.4, -0.2) is 62.6 Å². The molecule has 1 aromatic rings. The van der Waals surface area contributed by atoms with Gasteiger partial charge in [-0.15, -0.1) is 0 Å². The standard InChI is InChI=1S/C11H12Cl2N4O2/c12-9(13)11(19)17-5-3-16(4-6-17)10(18)8-7-14-1-2-15-8/h1-2,7,9H,3-6H2. The molecule has 0 N–H and O–H groups in total. The van der Waals surface area contributed by atoms with Gasteiger partial charge in [0.1, 0.15) is 5.69 Å². The molecule has 2 rings (SSSR count). The summed E-state index contributed by atoms with van der Waals surface area (Å²) in [5.74, 6) is -0.511. The Morgan fingerprint density at radius 3 is 2.26 bits per heavy atom. The number of carbonyl (C=O) groups excluding carboxylic acids is 2. The maximum Gasteiger partial charge on any atom is 0.274 e. The molecule has 0 aromatic carbocycles. The lowest BCUT2D eigenvalue weighted by Gasteiger charge is -2.34. The average molecular weight is 303 g/mol. The maximum absolute atomic E-state index is 12.1. The molecule has 0 spiro atoms. The minimum absolute atomic E-state index is 0.187. The number of piperazine rings is 1. The monoisotopic (exact) mass is 302 g/mol. The number of amides is 2. The summed E-state index contributed by atoms with van der Waals surface area (Å²) < 4.78 is 0. The van der Waals surface area contributed by atoms with E-state index in [1.807, 2.05) is 0 Å². The second kappa shape index (κ2) is 6.16. The molecule has 6 nitrogen and oxygen atoms in total. The first-order valence-corrected chi connectivity index (χ1v) is 6.59. The Morgan fingerprint density at radius 2 is 1.74 bits per heavy atom. The van der Waals surface area contributed by atoms with Gasteiger partial charge in [-0.25, -0.2) is 4.98 Å². The Hall–Kier alpha value is -1.40. The molecule has 1 aromatic heterocycles. The predicted octanol–water partition coefficient (Wildman–Crippen LogP) is 0.565. The lowest BCUT2D eigenvalue weighted by Crippen LogP contribution is -2.51. The number of carbonyl (C=O) groups is 2. The van der Waals surface area contributed by atoms with Gasteiger partial charge in [-0.2, -0.15) is 0 Å². The van der Waals surface area contributed by atoms with Crippen molar-refractivity contribution in [3.05, 3.63) is 24.3 Å². The van der Waals surface area contributed by atoms with E-state index in [4.69, 9.17) is 23.2 Å². The van der Waals surface area contributed by atoms with Gasteiger partial charge in [0.2, 0.25) is 0 Å². The fourth-order valence-electron chi connectivity index (χ4n) is 1.84. The zero-order chi connectivity index (χ0) is 13.8. The highest BCUT2D eigenvalue weighted by molar-refractivity contribution is 6.53. The molecule has 102 valence electrons. The SMILES string of the molecule is O=C(c1cnccn1)N1CCN(C(=O)C(Cl)Cl)CC1. The van der Waals surface area contributed by atoms with Crippen LogP contribution in [0.15, 0.2) is 18.6 Å². The van der Waals surface area contributed by atoms with E-state index in [0.717, 1.165) is 0 Å². The van der Waals surface area contributed by atoms with Crippen LogP contribution in [0.4, 0.5) is 0 Å². The number of rotatable bonds is 2. The average Bonchev–Trinajstić information content (AvgIpc) is 2.46. The van der Waals surface area contributed by atoms with Crippen molar-refractivity contribution >= 4 is 35.0 Å². The van der Waals surface area contributed by atoms with Crippen molar-refractivity contribution in [1.82, 2.24) is 19.8 Å². The maximum atomic E-state index is 12.1. The van der Waals surface area contributed by atoms with Crippen molar-refractivity contribution in [2.75, 3.05) is 26.2 Å². The van der Waals surface area contributed by atoms with Gasteiger partial charge in [-0.05, 0) is 0 Å². The molecule has 8 heteroatoms. The van der Waals surface area contributed by atoms with Crippen LogP contribution in [0.25, 0.3) is 0 Å². The molecule has 0 radical (unpaired) electrons. The van der Waals surface area contributed by atoms with E-state index in [2.05, 4.69) is 9.97 Å².